The first-order valence-electron chi connectivity index (χ1n) is 17.2. The summed E-state index contributed by atoms with van der Waals surface area (Å²) in [5.41, 5.74) is -0.985. The molecule has 0 N–H and O–H groups in total. The van der Waals surface area contributed by atoms with Gasteiger partial charge in [-0.1, -0.05) is 186 Å². The Balaban J connectivity index is -0.0000000620. The molecule has 6 nitrogen and oxygen atoms in total. The average Bonchev–Trinajstić information content (AvgIpc) is 3.11. The van der Waals surface area contributed by atoms with Gasteiger partial charge in [0.05, 0.1) is 13.3 Å². The minimum atomic E-state index is -0.367. The van der Waals surface area contributed by atoms with Crippen LogP contribution in [0.3, 0.4) is 0 Å². The Bertz CT molecular complexity index is 1790. The second-order valence-corrected chi connectivity index (χ2v) is 61.0. The standard InChI is InChI=1S/C10H19NO2.C9H17NO2.C2H3I3.C2H4I2.C2H5I.2C2H6.CH3Br.S18.4W/c1-9(2,3)13-8(12)10(4)6-11(5)7-10;1-9(2,3)12-8(11)7-5-10(4)6-7;1-2(3,4)5;1-2(3)4;1-2-3;3*1-2;1-3-5-7-9-11-13-15-17-18-16-14-12-10-8-6-4-2;;;;/h6-7H2,1-5H3;7H,5-6H2,1-4H3;1H3;2H,1H3;2H2,1H3;2*1-2H3;1H3;;;;;. The summed E-state index contributed by atoms with van der Waals surface area (Å²) in [4.78, 5) is 27.2. The van der Waals surface area contributed by atoms with Crippen molar-refractivity contribution in [2.75, 3.05) is 50.5 Å². The zero-order chi connectivity index (χ0) is 49.7. The molecule has 2 saturated heterocycles. The van der Waals surface area contributed by atoms with E-state index in [4.69, 9.17) is 31.8 Å². The van der Waals surface area contributed by atoms with Gasteiger partial charge in [-0.3, -0.25) is 9.59 Å². The average molecular weight is 2670 g/mol. The molecule has 0 spiro atoms. The largest absolute Gasteiger partial charge is 0.460 e. The number of nitrogens with zero attached hydrogens (tertiary/aromatic N) is 2. The molecular formula is C30H63BrI6N2O4S18W4. The van der Waals surface area contributed by atoms with Crippen LogP contribution in [0.5, 0.6) is 0 Å². The molecule has 0 amide bonds. The molecule has 65 heavy (non-hydrogen) atoms. The topological polar surface area (TPSA) is 59.1 Å². The smallest absolute Gasteiger partial charge is 0.314 e. The number of hydrogen-bond donors (Lipinski definition) is 0. The predicted octanol–water partition coefficient (Wildman–Crippen LogP) is 11.8. The van der Waals surface area contributed by atoms with Crippen molar-refractivity contribution in [3.63, 3.8) is 0 Å². The van der Waals surface area contributed by atoms with Gasteiger partial charge in [0.2, 0.25) is 0 Å². The molecule has 0 aromatic heterocycles. The molecular weight excluding hydrogens is 2610 g/mol. The number of rotatable bonds is 2. The molecule has 2 rings (SSSR count). The van der Waals surface area contributed by atoms with E-state index in [2.05, 4.69) is 182 Å². The second-order valence-electron chi connectivity index (χ2n) is 12.3. The molecule has 2 aliphatic rings. The Labute approximate surface area is 598 Å². The van der Waals surface area contributed by atoms with E-state index in [0.717, 1.165) is 28.1 Å². The van der Waals surface area contributed by atoms with Crippen molar-refractivity contribution < 1.29 is 103 Å². The molecule has 0 aliphatic carbocycles. The summed E-state index contributed by atoms with van der Waals surface area (Å²) >= 11 is 26.4. The summed E-state index contributed by atoms with van der Waals surface area (Å²) in [6.45, 7) is 31.0. The fourth-order valence-corrected chi connectivity index (χ4v) is 41.5. The minimum absolute atomic E-state index is 0. The summed E-state index contributed by atoms with van der Waals surface area (Å²) in [5, 5.41) is 0. The molecule has 2 fully saturated rings. The maximum atomic E-state index is 11.7. The molecule has 35 heteroatoms. The van der Waals surface area contributed by atoms with E-state index in [1.165, 1.54) is 22.2 Å². The second kappa shape index (κ2) is 70.5. The van der Waals surface area contributed by atoms with Crippen molar-refractivity contribution in [3.05, 3.63) is 0 Å². The monoisotopic (exact) mass is 2670 g/mol. The van der Waals surface area contributed by atoms with Gasteiger partial charge >= 0.3 is 11.9 Å². The first-order valence-corrected chi connectivity index (χ1v) is 48.7. The van der Waals surface area contributed by atoms with Gasteiger partial charge in [0.25, 0.3) is 0 Å². The van der Waals surface area contributed by atoms with E-state index in [-0.39, 0.29) is 119 Å². The molecule has 2 aliphatic heterocycles. The van der Waals surface area contributed by atoms with Crippen LogP contribution >= 0.6 is 151 Å². The van der Waals surface area contributed by atoms with E-state index in [1.807, 2.05) is 96.1 Å². The van der Waals surface area contributed by atoms with Crippen molar-refractivity contribution >= 4 is 328 Å². The normalized spacial score (nSPS) is 12.3. The summed E-state index contributed by atoms with van der Waals surface area (Å²) in [7, 11) is 31.2. The quantitative estimate of drug-likeness (QED) is 0.154. The van der Waals surface area contributed by atoms with E-state index in [0.29, 0.717) is -0.565 Å². The summed E-state index contributed by atoms with van der Waals surface area (Å²) in [6.07, 6.45) is 0. The third kappa shape index (κ3) is 97.1. The van der Waals surface area contributed by atoms with Gasteiger partial charge in [-0.25, -0.2) is 0 Å². The molecule has 0 radical (unpaired) electrons. The van der Waals surface area contributed by atoms with E-state index in [9.17, 15) is 9.59 Å². The van der Waals surface area contributed by atoms with Crippen molar-refractivity contribution in [2.45, 2.75) is 110 Å². The summed E-state index contributed by atoms with van der Waals surface area (Å²) in [6, 6.07) is 0. The number of carbonyl (C=O) groups excluding carboxylic acids is 2. The number of alkyl halides is 7. The van der Waals surface area contributed by atoms with Crippen LogP contribution in [0.4, 0.5) is 0 Å². The van der Waals surface area contributed by atoms with Crippen molar-refractivity contribution in [3.8, 4) is 0 Å². The fraction of sp³-hybridized carbons (Fsp3) is 0.933. The minimum Gasteiger partial charge on any atom is -0.460 e. The Hall–Kier alpha value is 10.4. The van der Waals surface area contributed by atoms with Crippen molar-refractivity contribution in [2.24, 2.45) is 11.3 Å². The SMILES string of the molecule is CBr.CC.CC.CC(I)(I)I.CC(I)I.CCI.CN1CC(C(=O)OC(C)(C)C)C1.CN1CC(C)(C(=O)OC(C)(C)C)C1.S=S=S=S=S=S=S=S=S=S=S=S=S=S=S=S=S=S.[W].[W].[W].[W]. The van der Waals surface area contributed by atoms with Gasteiger partial charge in [-0.05, 0) is 86.7 Å². The number of hydrogen-bond acceptors (Lipinski definition) is 8. The van der Waals surface area contributed by atoms with Gasteiger partial charge in [0.1, 0.15) is 10.6 Å². The number of halogens is 7. The molecule has 0 aromatic rings. The molecule has 0 bridgehead atoms. The number of carbonyl (C=O) groups is 2. The van der Waals surface area contributed by atoms with Gasteiger partial charge < -0.3 is 19.3 Å². The van der Waals surface area contributed by atoms with Crippen LogP contribution in [0.25, 0.3) is 0 Å². The predicted molar refractivity (Wildman–Crippen MR) is 381 cm³/mol. The Morgan fingerprint density at radius 3 is 1.03 bits per heavy atom. The fourth-order valence-electron chi connectivity index (χ4n) is 3.07. The zero-order valence-electron chi connectivity index (χ0n) is 38.8. The summed E-state index contributed by atoms with van der Waals surface area (Å²) < 4.78 is 13.0. The van der Waals surface area contributed by atoms with Crippen LogP contribution in [0.15, 0.2) is 0 Å². The van der Waals surface area contributed by atoms with E-state index < -0.39 is 0 Å². The number of likely N-dealkylation sites (tertiary alicyclic amines) is 2. The summed E-state index contributed by atoms with van der Waals surface area (Å²) in [5.74, 6) is 1.79. The molecule has 2 heterocycles. The van der Waals surface area contributed by atoms with Gasteiger partial charge in [-0.2, -0.15) is 0 Å². The molecule has 398 valence electrons. The Morgan fingerprint density at radius 1 is 0.646 bits per heavy atom. The van der Waals surface area contributed by atoms with Gasteiger partial charge in [0, 0.05) is 275 Å². The number of esters is 2. The van der Waals surface area contributed by atoms with Gasteiger partial charge in [0.15, 0.2) is 0 Å². The third-order valence-electron chi connectivity index (χ3n) is 4.35. The van der Waals surface area contributed by atoms with Gasteiger partial charge in [-0.15, -0.1) is 0 Å². The van der Waals surface area contributed by atoms with Crippen LogP contribution in [-0.2, 0) is 268 Å². The Kier molecular flexibility index (Phi) is 109. The van der Waals surface area contributed by atoms with Crippen LogP contribution in [0, 0.1) is 11.3 Å². The van der Waals surface area contributed by atoms with Crippen molar-refractivity contribution in [1.29, 1.82) is 0 Å². The Morgan fingerprint density at radius 2 is 0.862 bits per heavy atom. The third-order valence-corrected chi connectivity index (χ3v) is 37.7. The molecule has 0 unspecified atom stereocenters. The molecule has 0 atom stereocenters. The number of ether oxygens (including phenoxy) is 2. The van der Waals surface area contributed by atoms with Crippen LogP contribution in [-0.4, -0.2) is 84.8 Å². The van der Waals surface area contributed by atoms with E-state index in [1.54, 1.807) is 124 Å². The maximum absolute atomic E-state index is 11.7. The van der Waals surface area contributed by atoms with Crippen molar-refractivity contribution in [1.82, 2.24) is 9.80 Å². The zero-order valence-corrected chi connectivity index (χ0v) is 79.8. The maximum Gasteiger partial charge on any atom is 0.314 e. The first kappa shape index (κ1) is 101. The van der Waals surface area contributed by atoms with Crippen LogP contribution in [0.2, 0.25) is 0 Å². The molecule has 0 saturated carbocycles. The van der Waals surface area contributed by atoms with E-state index >= 15 is 0 Å². The van der Waals surface area contributed by atoms with Crippen LogP contribution in [0.1, 0.15) is 96.9 Å². The van der Waals surface area contributed by atoms with Crippen LogP contribution < -0.4 is 0 Å². The first-order chi connectivity index (χ1) is 28.2. The molecule has 0 aromatic carbocycles.